The van der Waals surface area contributed by atoms with Crippen molar-refractivity contribution in [3.8, 4) is 11.5 Å². The predicted molar refractivity (Wildman–Crippen MR) is 106 cm³/mol. The zero-order valence-corrected chi connectivity index (χ0v) is 16.6. The van der Waals surface area contributed by atoms with Gasteiger partial charge in [-0.25, -0.2) is 4.39 Å². The van der Waals surface area contributed by atoms with Gasteiger partial charge in [-0.2, -0.15) is 13.8 Å². The van der Waals surface area contributed by atoms with E-state index in [0.29, 0.717) is 16.8 Å². The Balaban J connectivity index is 1.98. The lowest BCUT2D eigenvalue weighted by Gasteiger charge is -2.18. The standard InChI is InChI=1S/C21H20F3N3O3/c1-12-9-17(30-20(23)24)13(2)8-16(12)25-21-26-19(28)18(29-3)11-27(21)10-14-4-6-15(22)7-5-14/h4-9,11,20H,10H2,1-3H3,(H,25,26,28). The van der Waals surface area contributed by atoms with E-state index in [9.17, 15) is 18.0 Å². The maximum absolute atomic E-state index is 13.2. The molecule has 0 amide bonds. The summed E-state index contributed by atoms with van der Waals surface area (Å²) in [5, 5.41) is 3.07. The fourth-order valence-electron chi connectivity index (χ4n) is 2.89. The molecular weight excluding hydrogens is 399 g/mol. The second-order valence-corrected chi connectivity index (χ2v) is 6.63. The van der Waals surface area contributed by atoms with Gasteiger partial charge in [-0.1, -0.05) is 12.1 Å². The number of ether oxygens (including phenoxy) is 2. The highest BCUT2D eigenvalue weighted by Crippen LogP contribution is 2.29. The number of aromatic nitrogens is 2. The largest absolute Gasteiger partial charge is 0.490 e. The van der Waals surface area contributed by atoms with Crippen molar-refractivity contribution in [3.05, 3.63) is 75.5 Å². The molecule has 0 aliphatic carbocycles. The van der Waals surface area contributed by atoms with Crippen LogP contribution in [0.5, 0.6) is 11.5 Å². The summed E-state index contributed by atoms with van der Waals surface area (Å²) in [5.74, 6) is -0.0178. The number of hydrogen-bond acceptors (Lipinski definition) is 5. The Morgan fingerprint density at radius 3 is 2.43 bits per heavy atom. The second kappa shape index (κ2) is 8.89. The smallest absolute Gasteiger partial charge is 0.387 e. The molecule has 6 nitrogen and oxygen atoms in total. The molecule has 9 heteroatoms. The summed E-state index contributed by atoms with van der Waals surface area (Å²) in [6.07, 6.45) is 1.50. The molecule has 0 saturated heterocycles. The van der Waals surface area contributed by atoms with Gasteiger partial charge in [-0.3, -0.25) is 4.79 Å². The quantitative estimate of drug-likeness (QED) is 0.615. The number of anilines is 2. The highest BCUT2D eigenvalue weighted by molar-refractivity contribution is 5.62. The fourth-order valence-corrected chi connectivity index (χ4v) is 2.89. The number of nitrogens with one attached hydrogen (secondary N) is 1. The maximum atomic E-state index is 13.2. The van der Waals surface area contributed by atoms with Crippen molar-refractivity contribution in [1.29, 1.82) is 0 Å². The average Bonchev–Trinajstić information content (AvgIpc) is 2.69. The second-order valence-electron chi connectivity index (χ2n) is 6.63. The highest BCUT2D eigenvalue weighted by atomic mass is 19.3. The third-order valence-electron chi connectivity index (χ3n) is 4.43. The van der Waals surface area contributed by atoms with Crippen LogP contribution >= 0.6 is 0 Å². The van der Waals surface area contributed by atoms with Gasteiger partial charge in [0.1, 0.15) is 11.6 Å². The third kappa shape index (κ3) is 4.91. The lowest BCUT2D eigenvalue weighted by atomic mass is 10.1. The minimum absolute atomic E-state index is 0.0521. The zero-order valence-electron chi connectivity index (χ0n) is 16.6. The molecule has 3 rings (SSSR count). The van der Waals surface area contributed by atoms with Gasteiger partial charge < -0.3 is 19.4 Å². The monoisotopic (exact) mass is 419 g/mol. The summed E-state index contributed by atoms with van der Waals surface area (Å²) >= 11 is 0. The summed E-state index contributed by atoms with van der Waals surface area (Å²) < 4.78 is 49.6. The van der Waals surface area contributed by atoms with Gasteiger partial charge >= 0.3 is 12.2 Å². The summed E-state index contributed by atoms with van der Waals surface area (Å²) in [6.45, 7) is 0.712. The Morgan fingerprint density at radius 1 is 1.10 bits per heavy atom. The van der Waals surface area contributed by atoms with Crippen molar-refractivity contribution in [2.24, 2.45) is 0 Å². The first-order chi connectivity index (χ1) is 14.3. The molecule has 2 aromatic carbocycles. The first-order valence-electron chi connectivity index (χ1n) is 9.00. The Morgan fingerprint density at radius 2 is 1.80 bits per heavy atom. The van der Waals surface area contributed by atoms with E-state index in [1.807, 2.05) is 0 Å². The van der Waals surface area contributed by atoms with Crippen LogP contribution in [0.25, 0.3) is 0 Å². The number of methoxy groups -OCH3 is 1. The molecule has 1 aromatic heterocycles. The molecule has 0 radical (unpaired) electrons. The number of rotatable bonds is 7. The number of alkyl halides is 2. The fraction of sp³-hybridized carbons (Fsp3) is 0.238. The highest BCUT2D eigenvalue weighted by Gasteiger charge is 2.14. The summed E-state index contributed by atoms with van der Waals surface area (Å²) in [7, 11) is 1.36. The Kier molecular flexibility index (Phi) is 6.29. The summed E-state index contributed by atoms with van der Waals surface area (Å²) in [5.41, 5.74) is 1.89. The molecule has 0 bridgehead atoms. The number of benzene rings is 2. The molecule has 3 aromatic rings. The van der Waals surface area contributed by atoms with Crippen molar-refractivity contribution < 1.29 is 22.6 Å². The molecule has 0 aliphatic rings. The molecule has 1 heterocycles. The van der Waals surface area contributed by atoms with Crippen molar-refractivity contribution >= 4 is 11.6 Å². The van der Waals surface area contributed by atoms with Crippen LogP contribution in [0.1, 0.15) is 16.7 Å². The molecule has 0 spiro atoms. The molecule has 1 N–H and O–H groups in total. The van der Waals surface area contributed by atoms with Crippen LogP contribution in [0.15, 0.2) is 47.4 Å². The Bertz CT molecular complexity index is 1100. The van der Waals surface area contributed by atoms with Crippen LogP contribution in [-0.2, 0) is 6.54 Å². The number of nitrogens with zero attached hydrogens (tertiary/aromatic N) is 2. The van der Waals surface area contributed by atoms with Crippen LogP contribution in [-0.4, -0.2) is 23.3 Å². The lowest BCUT2D eigenvalue weighted by molar-refractivity contribution is -0.0503. The van der Waals surface area contributed by atoms with Gasteiger partial charge in [-0.05, 0) is 54.8 Å². The SMILES string of the molecule is COc1cn(Cc2ccc(F)cc2)c(Nc2cc(C)c(OC(F)F)cc2C)nc1=O. The Labute approximate surface area is 170 Å². The molecule has 30 heavy (non-hydrogen) atoms. The van der Waals surface area contributed by atoms with Crippen LogP contribution < -0.4 is 20.3 Å². The molecule has 0 atom stereocenters. The van der Waals surface area contributed by atoms with Gasteiger partial charge in [0.15, 0.2) is 0 Å². The number of halogens is 3. The number of hydrogen-bond donors (Lipinski definition) is 1. The van der Waals surface area contributed by atoms with Crippen molar-refractivity contribution in [3.63, 3.8) is 0 Å². The van der Waals surface area contributed by atoms with Crippen LogP contribution in [0, 0.1) is 19.7 Å². The average molecular weight is 419 g/mol. The van der Waals surface area contributed by atoms with E-state index < -0.39 is 12.2 Å². The van der Waals surface area contributed by atoms with Crippen LogP contribution in [0.4, 0.5) is 24.8 Å². The van der Waals surface area contributed by atoms with Gasteiger partial charge in [0.2, 0.25) is 11.7 Å². The summed E-state index contributed by atoms with van der Waals surface area (Å²) in [4.78, 5) is 16.2. The topological polar surface area (TPSA) is 65.4 Å². The van der Waals surface area contributed by atoms with E-state index in [4.69, 9.17) is 4.74 Å². The van der Waals surface area contributed by atoms with E-state index >= 15 is 0 Å². The molecule has 158 valence electrons. The molecule has 0 unspecified atom stereocenters. The first kappa shape index (κ1) is 21.2. The minimum Gasteiger partial charge on any atom is -0.490 e. The van der Waals surface area contributed by atoms with Gasteiger partial charge in [0, 0.05) is 5.69 Å². The van der Waals surface area contributed by atoms with Gasteiger partial charge in [-0.15, -0.1) is 0 Å². The van der Waals surface area contributed by atoms with Gasteiger partial charge in [0.05, 0.1) is 19.9 Å². The van der Waals surface area contributed by atoms with E-state index in [-0.39, 0.29) is 29.8 Å². The number of aryl methyl sites for hydroxylation is 2. The van der Waals surface area contributed by atoms with Crippen LogP contribution in [0.2, 0.25) is 0 Å². The maximum Gasteiger partial charge on any atom is 0.387 e. The first-order valence-corrected chi connectivity index (χ1v) is 9.00. The Hall–Kier alpha value is -3.49. The minimum atomic E-state index is -2.92. The predicted octanol–water partition coefficient (Wildman–Crippen LogP) is 4.40. The molecule has 0 aliphatic heterocycles. The van der Waals surface area contributed by atoms with Crippen molar-refractivity contribution in [2.75, 3.05) is 12.4 Å². The molecule has 0 saturated carbocycles. The summed E-state index contributed by atoms with van der Waals surface area (Å²) in [6, 6.07) is 9.03. The lowest BCUT2D eigenvalue weighted by Crippen LogP contribution is -2.19. The normalized spacial score (nSPS) is 10.9. The van der Waals surface area contributed by atoms with Gasteiger partial charge in [0.25, 0.3) is 0 Å². The van der Waals surface area contributed by atoms with E-state index in [0.717, 1.165) is 5.56 Å². The van der Waals surface area contributed by atoms with Crippen LogP contribution in [0.3, 0.4) is 0 Å². The van der Waals surface area contributed by atoms with E-state index in [1.165, 1.54) is 31.5 Å². The zero-order chi connectivity index (χ0) is 21.8. The van der Waals surface area contributed by atoms with Crippen molar-refractivity contribution in [1.82, 2.24) is 9.55 Å². The third-order valence-corrected chi connectivity index (χ3v) is 4.43. The van der Waals surface area contributed by atoms with Crippen molar-refractivity contribution in [2.45, 2.75) is 27.0 Å². The van der Waals surface area contributed by atoms with E-state index in [2.05, 4.69) is 15.0 Å². The van der Waals surface area contributed by atoms with E-state index in [1.54, 1.807) is 36.6 Å². The molecular formula is C21H20F3N3O3. The molecule has 0 fully saturated rings.